The van der Waals surface area contributed by atoms with Crippen molar-refractivity contribution in [2.75, 3.05) is 13.1 Å². The lowest BCUT2D eigenvalue weighted by molar-refractivity contribution is 0.165. The quantitative estimate of drug-likeness (QED) is 0.755. The van der Waals surface area contributed by atoms with Crippen molar-refractivity contribution in [1.82, 2.24) is 4.90 Å². The van der Waals surface area contributed by atoms with Gasteiger partial charge in [0.15, 0.2) is 0 Å². The molecule has 0 radical (unpaired) electrons. The third kappa shape index (κ3) is 3.18. The molecule has 0 atom stereocenters. The molecule has 2 saturated carbocycles. The van der Waals surface area contributed by atoms with E-state index in [0.29, 0.717) is 0 Å². The zero-order valence-electron chi connectivity index (χ0n) is 10.2. The van der Waals surface area contributed by atoms with Crippen molar-refractivity contribution in [3.05, 3.63) is 0 Å². The standard InChI is InChI=1S/C13H26N2/c1-2-10-15(12-6-7-12)11-13(14)8-4-3-5-9-13/h12H,2-11,14H2,1H3. The first-order valence-electron chi connectivity index (χ1n) is 6.76. The van der Waals surface area contributed by atoms with E-state index in [1.165, 1.54) is 57.9 Å². The van der Waals surface area contributed by atoms with E-state index in [9.17, 15) is 0 Å². The molecule has 2 fully saturated rings. The molecule has 15 heavy (non-hydrogen) atoms. The molecular weight excluding hydrogens is 184 g/mol. The third-order valence-electron chi connectivity index (χ3n) is 3.94. The molecule has 2 N–H and O–H groups in total. The predicted octanol–water partition coefficient (Wildman–Crippen LogP) is 2.52. The van der Waals surface area contributed by atoms with E-state index < -0.39 is 0 Å². The van der Waals surface area contributed by atoms with E-state index in [4.69, 9.17) is 5.73 Å². The molecule has 0 aromatic rings. The number of rotatable bonds is 5. The van der Waals surface area contributed by atoms with Gasteiger partial charge in [-0.1, -0.05) is 26.2 Å². The van der Waals surface area contributed by atoms with Gasteiger partial charge in [0.25, 0.3) is 0 Å². The molecule has 2 heteroatoms. The van der Waals surface area contributed by atoms with Gasteiger partial charge in [-0.15, -0.1) is 0 Å². The van der Waals surface area contributed by atoms with Crippen LogP contribution < -0.4 is 5.73 Å². The molecule has 0 aromatic heterocycles. The molecule has 0 aromatic carbocycles. The van der Waals surface area contributed by atoms with Crippen LogP contribution in [-0.4, -0.2) is 29.6 Å². The molecule has 0 aliphatic heterocycles. The Morgan fingerprint density at radius 2 is 1.87 bits per heavy atom. The van der Waals surface area contributed by atoms with E-state index in [2.05, 4.69) is 11.8 Å². The summed E-state index contributed by atoms with van der Waals surface area (Å²) in [5, 5.41) is 0. The van der Waals surface area contributed by atoms with Crippen molar-refractivity contribution in [3.8, 4) is 0 Å². The predicted molar refractivity (Wildman–Crippen MR) is 64.9 cm³/mol. The van der Waals surface area contributed by atoms with Gasteiger partial charge in [0, 0.05) is 18.1 Å². The average Bonchev–Trinajstić information content (AvgIpc) is 3.01. The third-order valence-corrected chi connectivity index (χ3v) is 3.94. The maximum absolute atomic E-state index is 6.51. The Kier molecular flexibility index (Phi) is 3.68. The molecule has 0 amide bonds. The summed E-state index contributed by atoms with van der Waals surface area (Å²) in [6.07, 6.45) is 10.7. The lowest BCUT2D eigenvalue weighted by Gasteiger charge is -2.38. The Balaban J connectivity index is 1.85. The Labute approximate surface area is 94.2 Å². The Morgan fingerprint density at radius 1 is 1.20 bits per heavy atom. The number of nitrogens with two attached hydrogens (primary N) is 1. The van der Waals surface area contributed by atoms with Crippen molar-refractivity contribution < 1.29 is 0 Å². The molecular formula is C13H26N2. The molecule has 0 heterocycles. The SMILES string of the molecule is CCCN(CC1(N)CCCCC1)C1CC1. The zero-order chi connectivity index (χ0) is 10.7. The van der Waals surface area contributed by atoms with E-state index in [1.54, 1.807) is 0 Å². The summed E-state index contributed by atoms with van der Waals surface area (Å²) >= 11 is 0. The second-order valence-electron chi connectivity index (χ2n) is 5.62. The summed E-state index contributed by atoms with van der Waals surface area (Å²) in [6.45, 7) is 4.69. The highest BCUT2D eigenvalue weighted by Crippen LogP contribution is 2.32. The highest BCUT2D eigenvalue weighted by Gasteiger charge is 2.35. The van der Waals surface area contributed by atoms with Crippen LogP contribution in [0.5, 0.6) is 0 Å². The topological polar surface area (TPSA) is 29.3 Å². The Bertz CT molecular complexity index is 193. The minimum Gasteiger partial charge on any atom is -0.324 e. The van der Waals surface area contributed by atoms with Gasteiger partial charge >= 0.3 is 0 Å². The number of hydrogen-bond acceptors (Lipinski definition) is 2. The van der Waals surface area contributed by atoms with Crippen LogP contribution in [0.1, 0.15) is 58.3 Å². The van der Waals surface area contributed by atoms with Gasteiger partial charge in [0.05, 0.1) is 0 Å². The lowest BCUT2D eigenvalue weighted by atomic mass is 9.82. The normalized spacial score (nSPS) is 25.8. The van der Waals surface area contributed by atoms with Gasteiger partial charge in [-0.05, 0) is 38.6 Å². The van der Waals surface area contributed by atoms with Crippen LogP contribution in [-0.2, 0) is 0 Å². The van der Waals surface area contributed by atoms with Gasteiger partial charge in [0.1, 0.15) is 0 Å². The molecule has 0 bridgehead atoms. The van der Waals surface area contributed by atoms with Crippen molar-refractivity contribution >= 4 is 0 Å². The first-order valence-corrected chi connectivity index (χ1v) is 6.76. The molecule has 88 valence electrons. The summed E-state index contributed by atoms with van der Waals surface area (Å²) in [5.74, 6) is 0. The molecule has 0 spiro atoms. The highest BCUT2D eigenvalue weighted by molar-refractivity contribution is 4.94. The van der Waals surface area contributed by atoms with Crippen LogP contribution in [0.15, 0.2) is 0 Å². The van der Waals surface area contributed by atoms with Crippen LogP contribution in [0, 0.1) is 0 Å². The molecule has 0 saturated heterocycles. The van der Waals surface area contributed by atoms with E-state index in [1.807, 2.05) is 0 Å². The first kappa shape index (κ1) is 11.4. The van der Waals surface area contributed by atoms with Crippen LogP contribution in [0.2, 0.25) is 0 Å². The minimum absolute atomic E-state index is 0.149. The van der Waals surface area contributed by atoms with Gasteiger partial charge in [-0.25, -0.2) is 0 Å². The van der Waals surface area contributed by atoms with Crippen molar-refractivity contribution in [1.29, 1.82) is 0 Å². The second-order valence-corrected chi connectivity index (χ2v) is 5.62. The number of nitrogens with zero attached hydrogens (tertiary/aromatic N) is 1. The minimum atomic E-state index is 0.149. The summed E-state index contributed by atoms with van der Waals surface area (Å²) in [6, 6.07) is 0.882. The zero-order valence-corrected chi connectivity index (χ0v) is 10.2. The fourth-order valence-corrected chi connectivity index (χ4v) is 2.94. The Morgan fingerprint density at radius 3 is 2.40 bits per heavy atom. The van der Waals surface area contributed by atoms with Crippen molar-refractivity contribution in [2.45, 2.75) is 69.9 Å². The summed E-state index contributed by atoms with van der Waals surface area (Å²) in [7, 11) is 0. The fraction of sp³-hybridized carbons (Fsp3) is 1.00. The lowest BCUT2D eigenvalue weighted by Crippen LogP contribution is -2.52. The summed E-state index contributed by atoms with van der Waals surface area (Å²) in [5.41, 5.74) is 6.66. The molecule has 2 aliphatic carbocycles. The summed E-state index contributed by atoms with van der Waals surface area (Å²) in [4.78, 5) is 2.66. The smallest absolute Gasteiger partial charge is 0.0283 e. The maximum atomic E-state index is 6.51. The summed E-state index contributed by atoms with van der Waals surface area (Å²) < 4.78 is 0. The first-order chi connectivity index (χ1) is 7.23. The molecule has 2 nitrogen and oxygen atoms in total. The van der Waals surface area contributed by atoms with Crippen LogP contribution in [0.3, 0.4) is 0 Å². The average molecular weight is 210 g/mol. The van der Waals surface area contributed by atoms with Gasteiger partial charge in [-0.3, -0.25) is 4.90 Å². The van der Waals surface area contributed by atoms with Crippen LogP contribution in [0.25, 0.3) is 0 Å². The molecule has 0 unspecified atom stereocenters. The van der Waals surface area contributed by atoms with Gasteiger partial charge in [0.2, 0.25) is 0 Å². The monoisotopic (exact) mass is 210 g/mol. The second kappa shape index (κ2) is 4.84. The van der Waals surface area contributed by atoms with Crippen molar-refractivity contribution in [2.24, 2.45) is 5.73 Å². The fourth-order valence-electron chi connectivity index (χ4n) is 2.94. The van der Waals surface area contributed by atoms with Gasteiger partial charge < -0.3 is 5.73 Å². The van der Waals surface area contributed by atoms with E-state index >= 15 is 0 Å². The number of hydrogen-bond donors (Lipinski definition) is 1. The van der Waals surface area contributed by atoms with Crippen molar-refractivity contribution in [3.63, 3.8) is 0 Å². The molecule has 2 aliphatic rings. The van der Waals surface area contributed by atoms with Gasteiger partial charge in [-0.2, -0.15) is 0 Å². The van der Waals surface area contributed by atoms with Crippen LogP contribution in [0.4, 0.5) is 0 Å². The van der Waals surface area contributed by atoms with Crippen LogP contribution >= 0.6 is 0 Å². The van der Waals surface area contributed by atoms with E-state index in [-0.39, 0.29) is 5.54 Å². The maximum Gasteiger partial charge on any atom is 0.0283 e. The molecule has 2 rings (SSSR count). The largest absolute Gasteiger partial charge is 0.324 e. The highest BCUT2D eigenvalue weighted by atomic mass is 15.2. The Hall–Kier alpha value is -0.0800. The van der Waals surface area contributed by atoms with E-state index in [0.717, 1.165) is 12.6 Å².